The predicted molar refractivity (Wildman–Crippen MR) is 118 cm³/mol. The fourth-order valence-electron chi connectivity index (χ4n) is 2.25. The zero-order valence-corrected chi connectivity index (χ0v) is 18.8. The van der Waals surface area contributed by atoms with Gasteiger partial charge in [-0.3, -0.25) is 0 Å². The second kappa shape index (κ2) is 11.2. The number of hydrogen-bond donors (Lipinski definition) is 2. The minimum absolute atomic E-state index is 0. The number of aliphatic imine (C=N–C) groups is 1. The van der Waals surface area contributed by atoms with Crippen LogP contribution >= 0.6 is 35.3 Å². The van der Waals surface area contributed by atoms with Crippen LogP contribution in [-0.4, -0.2) is 31.7 Å². The first kappa shape index (κ1) is 22.5. The van der Waals surface area contributed by atoms with Gasteiger partial charge in [0, 0.05) is 17.8 Å². The van der Waals surface area contributed by atoms with Gasteiger partial charge in [-0.15, -0.1) is 35.3 Å². The molecule has 1 heterocycles. The van der Waals surface area contributed by atoms with Crippen LogP contribution in [0.2, 0.25) is 0 Å². The SMILES string of the molecule is COc1ccc(CCNC(N)=NCc2csc(C(C)C)n2)cc1OC.I. The number of ether oxygens (including phenoxy) is 2. The Hall–Kier alpha value is -1.55. The number of thiazole rings is 1. The van der Waals surface area contributed by atoms with E-state index in [1.54, 1.807) is 25.6 Å². The molecule has 26 heavy (non-hydrogen) atoms. The zero-order valence-electron chi connectivity index (χ0n) is 15.6. The second-order valence-corrected chi connectivity index (χ2v) is 6.79. The molecule has 0 aliphatic carbocycles. The molecule has 0 aliphatic heterocycles. The molecule has 1 aromatic heterocycles. The second-order valence-electron chi connectivity index (χ2n) is 5.90. The number of rotatable bonds is 8. The van der Waals surface area contributed by atoms with Gasteiger partial charge in [-0.1, -0.05) is 19.9 Å². The van der Waals surface area contributed by atoms with Crippen molar-refractivity contribution in [2.75, 3.05) is 20.8 Å². The summed E-state index contributed by atoms with van der Waals surface area (Å²) < 4.78 is 10.6. The molecule has 0 saturated heterocycles. The highest BCUT2D eigenvalue weighted by molar-refractivity contribution is 14.0. The largest absolute Gasteiger partial charge is 0.493 e. The Bertz CT molecular complexity index is 719. The van der Waals surface area contributed by atoms with E-state index in [1.807, 2.05) is 23.6 Å². The molecule has 0 bridgehead atoms. The Kier molecular flexibility index (Phi) is 9.71. The minimum atomic E-state index is 0. The number of nitrogens with one attached hydrogen (secondary N) is 1. The van der Waals surface area contributed by atoms with Gasteiger partial charge in [0.1, 0.15) is 0 Å². The van der Waals surface area contributed by atoms with Crippen molar-refractivity contribution in [3.63, 3.8) is 0 Å². The van der Waals surface area contributed by atoms with Gasteiger partial charge in [-0.25, -0.2) is 9.98 Å². The Morgan fingerprint density at radius 1 is 1.27 bits per heavy atom. The van der Waals surface area contributed by atoms with Crippen molar-refractivity contribution in [1.29, 1.82) is 0 Å². The first-order valence-electron chi connectivity index (χ1n) is 8.22. The molecule has 0 radical (unpaired) electrons. The molecule has 0 aliphatic rings. The van der Waals surface area contributed by atoms with E-state index in [2.05, 4.69) is 29.1 Å². The Morgan fingerprint density at radius 3 is 2.62 bits per heavy atom. The molecule has 144 valence electrons. The van der Waals surface area contributed by atoms with Crippen molar-refractivity contribution in [2.45, 2.75) is 32.7 Å². The van der Waals surface area contributed by atoms with Gasteiger partial charge < -0.3 is 20.5 Å². The quantitative estimate of drug-likeness (QED) is 0.336. The lowest BCUT2D eigenvalue weighted by atomic mass is 10.1. The summed E-state index contributed by atoms with van der Waals surface area (Å²) in [6, 6.07) is 5.88. The average molecular weight is 490 g/mol. The van der Waals surface area contributed by atoms with Crippen LogP contribution in [-0.2, 0) is 13.0 Å². The van der Waals surface area contributed by atoms with Gasteiger partial charge in [0.2, 0.25) is 0 Å². The Labute approximate surface area is 176 Å². The molecule has 8 heteroatoms. The molecule has 1 aromatic carbocycles. The summed E-state index contributed by atoms with van der Waals surface area (Å²) in [5, 5.41) is 6.30. The number of nitrogens with zero attached hydrogens (tertiary/aromatic N) is 2. The standard InChI is InChI=1S/C18H26N4O2S.HI/c1-12(2)17-22-14(11-25-17)10-21-18(19)20-8-7-13-5-6-15(23-3)16(9-13)24-4;/h5-6,9,11-12H,7-8,10H2,1-4H3,(H3,19,20,21);1H. The first-order chi connectivity index (χ1) is 12.0. The van der Waals surface area contributed by atoms with E-state index >= 15 is 0 Å². The van der Waals surface area contributed by atoms with E-state index in [9.17, 15) is 0 Å². The van der Waals surface area contributed by atoms with Crippen molar-refractivity contribution in [2.24, 2.45) is 10.7 Å². The predicted octanol–water partition coefficient (Wildman–Crippen LogP) is 3.55. The summed E-state index contributed by atoms with van der Waals surface area (Å²) in [7, 11) is 3.26. The topological polar surface area (TPSA) is 81.8 Å². The fourth-order valence-corrected chi connectivity index (χ4v) is 3.08. The molecule has 0 amide bonds. The molecule has 0 unspecified atom stereocenters. The van der Waals surface area contributed by atoms with Gasteiger partial charge in [-0.05, 0) is 24.1 Å². The molecule has 6 nitrogen and oxygen atoms in total. The van der Waals surface area contributed by atoms with Crippen LogP contribution < -0.4 is 20.5 Å². The number of benzene rings is 1. The maximum atomic E-state index is 5.92. The number of hydrogen-bond acceptors (Lipinski definition) is 5. The number of guanidine groups is 1. The molecular formula is C18H27IN4O2S. The summed E-state index contributed by atoms with van der Waals surface area (Å²) in [6.45, 7) is 5.46. The highest BCUT2D eigenvalue weighted by Crippen LogP contribution is 2.27. The number of nitrogens with two attached hydrogens (primary N) is 1. The van der Waals surface area contributed by atoms with Crippen LogP contribution in [0.25, 0.3) is 0 Å². The van der Waals surface area contributed by atoms with Crippen LogP contribution in [0, 0.1) is 0 Å². The van der Waals surface area contributed by atoms with E-state index in [1.165, 1.54) is 0 Å². The lowest BCUT2D eigenvalue weighted by Gasteiger charge is -2.10. The van der Waals surface area contributed by atoms with Crippen molar-refractivity contribution < 1.29 is 9.47 Å². The third-order valence-corrected chi connectivity index (χ3v) is 4.84. The van der Waals surface area contributed by atoms with E-state index in [0.29, 0.717) is 25.0 Å². The van der Waals surface area contributed by atoms with Gasteiger partial charge in [0.25, 0.3) is 0 Å². The zero-order chi connectivity index (χ0) is 18.2. The minimum Gasteiger partial charge on any atom is -0.493 e. The molecule has 0 spiro atoms. The summed E-state index contributed by atoms with van der Waals surface area (Å²) in [6.07, 6.45) is 0.810. The lowest BCUT2D eigenvalue weighted by Crippen LogP contribution is -2.33. The maximum Gasteiger partial charge on any atom is 0.188 e. The van der Waals surface area contributed by atoms with Crippen LogP contribution in [0.3, 0.4) is 0 Å². The van der Waals surface area contributed by atoms with Crippen LogP contribution in [0.1, 0.15) is 36.0 Å². The summed E-state index contributed by atoms with van der Waals surface area (Å²) >= 11 is 1.67. The van der Waals surface area contributed by atoms with Crippen molar-refractivity contribution in [3.8, 4) is 11.5 Å². The van der Waals surface area contributed by atoms with Crippen LogP contribution in [0.5, 0.6) is 11.5 Å². The molecule has 2 rings (SSSR count). The van der Waals surface area contributed by atoms with Gasteiger partial charge in [0.15, 0.2) is 17.5 Å². The number of methoxy groups -OCH3 is 2. The molecule has 0 fully saturated rings. The van der Waals surface area contributed by atoms with Crippen LogP contribution in [0.4, 0.5) is 0 Å². The van der Waals surface area contributed by atoms with E-state index in [0.717, 1.165) is 34.2 Å². The van der Waals surface area contributed by atoms with E-state index in [-0.39, 0.29) is 24.0 Å². The Balaban J connectivity index is 0.00000338. The maximum absolute atomic E-state index is 5.92. The van der Waals surface area contributed by atoms with Crippen molar-refractivity contribution in [3.05, 3.63) is 39.8 Å². The summed E-state index contributed by atoms with van der Waals surface area (Å²) in [4.78, 5) is 8.89. The normalized spacial score (nSPS) is 11.2. The average Bonchev–Trinajstić information content (AvgIpc) is 3.09. The van der Waals surface area contributed by atoms with Gasteiger partial charge in [0.05, 0.1) is 31.5 Å². The monoisotopic (exact) mass is 490 g/mol. The smallest absolute Gasteiger partial charge is 0.188 e. The van der Waals surface area contributed by atoms with E-state index in [4.69, 9.17) is 15.2 Å². The van der Waals surface area contributed by atoms with Crippen molar-refractivity contribution >= 4 is 41.3 Å². The van der Waals surface area contributed by atoms with Crippen molar-refractivity contribution in [1.82, 2.24) is 10.3 Å². The molecule has 2 aromatic rings. The third kappa shape index (κ3) is 6.64. The highest BCUT2D eigenvalue weighted by Gasteiger charge is 2.06. The molecule has 0 saturated carbocycles. The number of aromatic nitrogens is 1. The fraction of sp³-hybridized carbons (Fsp3) is 0.444. The first-order valence-corrected chi connectivity index (χ1v) is 9.10. The number of halogens is 1. The lowest BCUT2D eigenvalue weighted by molar-refractivity contribution is 0.354. The highest BCUT2D eigenvalue weighted by atomic mass is 127. The van der Waals surface area contributed by atoms with Gasteiger partial charge >= 0.3 is 0 Å². The van der Waals surface area contributed by atoms with Crippen LogP contribution in [0.15, 0.2) is 28.6 Å². The molecule has 0 atom stereocenters. The third-order valence-electron chi connectivity index (χ3n) is 3.64. The molecular weight excluding hydrogens is 463 g/mol. The Morgan fingerprint density at radius 2 is 2.00 bits per heavy atom. The summed E-state index contributed by atoms with van der Waals surface area (Å²) in [5.74, 6) is 2.33. The summed E-state index contributed by atoms with van der Waals surface area (Å²) in [5.41, 5.74) is 8.02. The molecule has 3 N–H and O–H groups in total. The van der Waals surface area contributed by atoms with E-state index < -0.39 is 0 Å². The van der Waals surface area contributed by atoms with Gasteiger partial charge in [-0.2, -0.15) is 0 Å².